The van der Waals surface area contributed by atoms with Crippen LogP contribution < -0.4 is 0 Å². The van der Waals surface area contributed by atoms with Crippen molar-refractivity contribution in [2.24, 2.45) is 0 Å². The molecule has 0 aliphatic carbocycles. The topological polar surface area (TPSA) is 25.4 Å². The van der Waals surface area contributed by atoms with Gasteiger partial charge < -0.3 is 9.33 Å². The highest BCUT2D eigenvalue weighted by atomic mass is 28.4. The number of nitrogens with zero attached hydrogens (tertiary/aromatic N) is 2. The first-order valence-electron chi connectivity index (χ1n) is 7.53. The van der Waals surface area contributed by atoms with Crippen molar-refractivity contribution in [1.29, 1.82) is 0 Å². The lowest BCUT2D eigenvalue weighted by Gasteiger charge is -2.36. The molecule has 0 fully saturated rings. The number of rotatable bonds is 6. The highest BCUT2D eigenvalue weighted by molar-refractivity contribution is 6.74. The third kappa shape index (κ3) is 5.63. The van der Waals surface area contributed by atoms with Gasteiger partial charge in [0, 0.05) is 32.4 Å². The van der Waals surface area contributed by atoms with Gasteiger partial charge in [0.15, 0.2) is 8.32 Å². The molecule has 3 nitrogen and oxygen atoms in total. The standard InChI is InChI=1S/C17H30N2OSi/c1-17(2,3)21(6,7)20-14-15-10-8-12-18-16(15)11-9-13-19(4)5/h8-10,12-13H,11,14H2,1-7H3/b13-9+. The lowest BCUT2D eigenvalue weighted by Crippen LogP contribution is -2.40. The third-order valence-electron chi connectivity index (χ3n) is 4.09. The average molecular weight is 307 g/mol. The Morgan fingerprint density at radius 3 is 2.52 bits per heavy atom. The highest BCUT2D eigenvalue weighted by Crippen LogP contribution is 2.37. The second kappa shape index (κ2) is 7.23. The molecule has 0 N–H and O–H groups in total. The monoisotopic (exact) mass is 306 g/mol. The molecule has 0 radical (unpaired) electrons. The van der Waals surface area contributed by atoms with Crippen LogP contribution in [0.2, 0.25) is 18.1 Å². The fraction of sp³-hybridized carbons (Fsp3) is 0.588. The molecular formula is C17H30N2OSi. The molecule has 118 valence electrons. The van der Waals surface area contributed by atoms with E-state index in [9.17, 15) is 0 Å². The van der Waals surface area contributed by atoms with Gasteiger partial charge >= 0.3 is 0 Å². The number of hydrogen-bond acceptors (Lipinski definition) is 3. The van der Waals surface area contributed by atoms with Crippen LogP contribution in [0.4, 0.5) is 0 Å². The first-order chi connectivity index (χ1) is 9.63. The summed E-state index contributed by atoms with van der Waals surface area (Å²) in [5.74, 6) is 0. The molecule has 21 heavy (non-hydrogen) atoms. The van der Waals surface area contributed by atoms with E-state index in [-0.39, 0.29) is 5.04 Å². The van der Waals surface area contributed by atoms with Gasteiger partial charge in [-0.15, -0.1) is 0 Å². The predicted octanol–water partition coefficient (Wildman–Crippen LogP) is 4.22. The Kier molecular flexibility index (Phi) is 6.17. The summed E-state index contributed by atoms with van der Waals surface area (Å²) in [5.41, 5.74) is 2.31. The number of aromatic nitrogens is 1. The van der Waals surface area contributed by atoms with Gasteiger partial charge in [-0.2, -0.15) is 0 Å². The maximum absolute atomic E-state index is 6.31. The third-order valence-corrected chi connectivity index (χ3v) is 8.57. The minimum Gasteiger partial charge on any atom is -0.412 e. The van der Waals surface area contributed by atoms with Crippen LogP contribution in [0.1, 0.15) is 32.0 Å². The van der Waals surface area contributed by atoms with Crippen molar-refractivity contribution in [3.63, 3.8) is 0 Å². The Bertz CT molecular complexity index is 476. The van der Waals surface area contributed by atoms with Gasteiger partial charge in [0.1, 0.15) is 0 Å². The minimum atomic E-state index is -1.71. The molecule has 1 aromatic rings. The summed E-state index contributed by atoms with van der Waals surface area (Å²) in [6.07, 6.45) is 6.90. The van der Waals surface area contributed by atoms with Crippen molar-refractivity contribution in [2.45, 2.75) is 51.9 Å². The molecule has 0 aromatic carbocycles. The minimum absolute atomic E-state index is 0.236. The van der Waals surface area contributed by atoms with Gasteiger partial charge in [0.25, 0.3) is 0 Å². The normalized spacial score (nSPS) is 12.9. The second-order valence-corrected chi connectivity index (χ2v) is 12.0. The smallest absolute Gasteiger partial charge is 0.192 e. The van der Waals surface area contributed by atoms with Crippen molar-refractivity contribution < 1.29 is 4.43 Å². The summed E-state index contributed by atoms with van der Waals surface area (Å²) in [6, 6.07) is 4.11. The van der Waals surface area contributed by atoms with E-state index >= 15 is 0 Å². The summed E-state index contributed by atoms with van der Waals surface area (Å²) in [4.78, 5) is 6.54. The Hall–Kier alpha value is -1.13. The Morgan fingerprint density at radius 1 is 1.29 bits per heavy atom. The molecule has 1 aromatic heterocycles. The maximum Gasteiger partial charge on any atom is 0.192 e. The second-order valence-electron chi connectivity index (χ2n) is 7.21. The molecule has 1 heterocycles. The fourth-order valence-electron chi connectivity index (χ4n) is 1.64. The van der Waals surface area contributed by atoms with Gasteiger partial charge in [-0.05, 0) is 36.0 Å². The predicted molar refractivity (Wildman–Crippen MR) is 92.8 cm³/mol. The zero-order valence-electron chi connectivity index (χ0n) is 14.6. The molecule has 0 amide bonds. The molecule has 0 unspecified atom stereocenters. The highest BCUT2D eigenvalue weighted by Gasteiger charge is 2.37. The van der Waals surface area contributed by atoms with Crippen LogP contribution in [0.3, 0.4) is 0 Å². The summed E-state index contributed by atoms with van der Waals surface area (Å²) < 4.78 is 6.31. The number of pyridine rings is 1. The van der Waals surface area contributed by atoms with E-state index in [2.05, 4.69) is 57.2 Å². The number of allylic oxidation sites excluding steroid dienone is 1. The maximum atomic E-state index is 6.31. The molecule has 1 rings (SSSR count). The summed E-state index contributed by atoms with van der Waals surface area (Å²) in [5, 5.41) is 0.236. The van der Waals surface area contributed by atoms with Crippen LogP contribution in [-0.2, 0) is 17.5 Å². The largest absolute Gasteiger partial charge is 0.412 e. The molecule has 0 aliphatic rings. The van der Waals surface area contributed by atoms with Crippen molar-refractivity contribution in [3.8, 4) is 0 Å². The molecule has 0 aliphatic heterocycles. The first-order valence-corrected chi connectivity index (χ1v) is 10.4. The molecule has 0 spiro atoms. The number of hydrogen-bond donors (Lipinski definition) is 0. The van der Waals surface area contributed by atoms with E-state index in [1.54, 1.807) is 0 Å². The van der Waals surface area contributed by atoms with Crippen LogP contribution in [0, 0.1) is 0 Å². The van der Waals surface area contributed by atoms with Crippen LogP contribution in [0.15, 0.2) is 30.6 Å². The van der Waals surface area contributed by atoms with Gasteiger partial charge in [0.2, 0.25) is 0 Å². The van der Waals surface area contributed by atoms with Crippen LogP contribution in [0.5, 0.6) is 0 Å². The van der Waals surface area contributed by atoms with Crippen molar-refractivity contribution >= 4 is 8.32 Å². The lowest BCUT2D eigenvalue weighted by atomic mass is 10.1. The van der Waals surface area contributed by atoms with E-state index in [0.717, 1.165) is 12.1 Å². The summed E-state index contributed by atoms with van der Waals surface area (Å²) >= 11 is 0. The van der Waals surface area contributed by atoms with Crippen LogP contribution in [0.25, 0.3) is 0 Å². The summed E-state index contributed by atoms with van der Waals surface area (Å²) in [6.45, 7) is 12.0. The Labute approximate surface area is 131 Å². The van der Waals surface area contributed by atoms with E-state index in [1.165, 1.54) is 5.56 Å². The first kappa shape index (κ1) is 17.9. The molecule has 0 saturated heterocycles. The quantitative estimate of drug-likeness (QED) is 0.736. The molecule has 0 bridgehead atoms. The Balaban J connectivity index is 2.76. The molecule has 4 heteroatoms. The van der Waals surface area contributed by atoms with E-state index in [1.807, 2.05) is 31.3 Å². The average Bonchev–Trinajstić information content (AvgIpc) is 2.36. The van der Waals surface area contributed by atoms with Gasteiger partial charge in [-0.25, -0.2) is 0 Å². The SMILES string of the molecule is CN(C)/C=C/Cc1ncccc1CO[Si](C)(C)C(C)(C)C. The van der Waals surface area contributed by atoms with E-state index < -0.39 is 8.32 Å². The summed E-state index contributed by atoms with van der Waals surface area (Å²) in [7, 11) is 2.33. The van der Waals surface area contributed by atoms with Crippen molar-refractivity contribution in [1.82, 2.24) is 9.88 Å². The van der Waals surface area contributed by atoms with Crippen molar-refractivity contribution in [2.75, 3.05) is 14.1 Å². The van der Waals surface area contributed by atoms with E-state index in [4.69, 9.17) is 4.43 Å². The molecular weight excluding hydrogens is 276 g/mol. The van der Waals surface area contributed by atoms with E-state index in [0.29, 0.717) is 6.61 Å². The van der Waals surface area contributed by atoms with Crippen LogP contribution in [-0.4, -0.2) is 32.3 Å². The van der Waals surface area contributed by atoms with Gasteiger partial charge in [-0.1, -0.05) is 32.9 Å². The lowest BCUT2D eigenvalue weighted by molar-refractivity contribution is 0.275. The molecule has 0 saturated carbocycles. The van der Waals surface area contributed by atoms with Gasteiger partial charge in [0.05, 0.1) is 6.61 Å². The van der Waals surface area contributed by atoms with Crippen molar-refractivity contribution in [3.05, 3.63) is 41.9 Å². The van der Waals surface area contributed by atoms with Crippen LogP contribution >= 0.6 is 0 Å². The van der Waals surface area contributed by atoms with Gasteiger partial charge in [-0.3, -0.25) is 4.98 Å². The zero-order valence-corrected chi connectivity index (χ0v) is 15.6. The fourth-order valence-corrected chi connectivity index (χ4v) is 2.59. The Morgan fingerprint density at radius 2 is 1.95 bits per heavy atom. The zero-order chi connectivity index (χ0) is 16.1. The molecule has 0 atom stereocenters.